The Balaban J connectivity index is 1.65. The molecule has 2 aromatic carbocycles. The third-order valence-electron chi connectivity index (χ3n) is 5.42. The van der Waals surface area contributed by atoms with Crippen molar-refractivity contribution in [1.29, 1.82) is 0 Å². The number of aromatic nitrogens is 2. The van der Waals surface area contributed by atoms with Gasteiger partial charge in [-0.2, -0.15) is 0 Å². The average Bonchev–Trinajstić information content (AvgIpc) is 3.31. The van der Waals surface area contributed by atoms with E-state index in [2.05, 4.69) is 4.98 Å². The minimum absolute atomic E-state index is 0.0514. The van der Waals surface area contributed by atoms with Crippen LogP contribution in [-0.2, 0) is 24.4 Å². The van der Waals surface area contributed by atoms with Crippen molar-refractivity contribution in [2.45, 2.75) is 38.6 Å². The number of hydrogen-bond acceptors (Lipinski definition) is 4. The first-order valence-corrected chi connectivity index (χ1v) is 10.4. The molecular formula is C24H25N3O4. The Kier molecular flexibility index (Phi) is 6.43. The fourth-order valence-corrected chi connectivity index (χ4v) is 3.80. The lowest BCUT2D eigenvalue weighted by Crippen LogP contribution is -2.43. The fourth-order valence-electron chi connectivity index (χ4n) is 3.80. The Morgan fingerprint density at radius 2 is 1.61 bits per heavy atom. The maximum Gasteiger partial charge on any atom is 0.328 e. The van der Waals surface area contributed by atoms with Crippen LogP contribution in [0, 0.1) is 0 Å². The molecule has 1 aliphatic rings. The van der Waals surface area contributed by atoms with Crippen LogP contribution in [0.1, 0.15) is 34.3 Å². The molecule has 1 fully saturated rings. The highest BCUT2D eigenvalue weighted by Crippen LogP contribution is 2.14. The molecule has 1 atom stereocenters. The summed E-state index contributed by atoms with van der Waals surface area (Å²) in [5.41, 5.74) is 0.737. The topological polar surface area (TPSA) is 84.4 Å². The van der Waals surface area contributed by atoms with E-state index in [4.69, 9.17) is 4.74 Å². The van der Waals surface area contributed by atoms with Gasteiger partial charge in [0, 0.05) is 25.9 Å². The van der Waals surface area contributed by atoms with Gasteiger partial charge in [-0.1, -0.05) is 60.7 Å². The summed E-state index contributed by atoms with van der Waals surface area (Å²) in [6.45, 7) is 1.46. The van der Waals surface area contributed by atoms with Crippen molar-refractivity contribution >= 4 is 5.91 Å². The largest absolute Gasteiger partial charge is 0.376 e. The summed E-state index contributed by atoms with van der Waals surface area (Å²) in [5.74, 6) is -0.421. The molecule has 0 aliphatic carbocycles. The second-order valence-electron chi connectivity index (χ2n) is 7.69. The Bertz CT molecular complexity index is 1090. The second kappa shape index (κ2) is 9.57. The smallest absolute Gasteiger partial charge is 0.328 e. The maximum atomic E-state index is 13.4. The van der Waals surface area contributed by atoms with E-state index in [1.165, 1.54) is 6.20 Å². The van der Waals surface area contributed by atoms with Crippen molar-refractivity contribution in [3.63, 3.8) is 0 Å². The minimum atomic E-state index is -0.588. The van der Waals surface area contributed by atoms with Crippen LogP contribution < -0.4 is 11.2 Å². The summed E-state index contributed by atoms with van der Waals surface area (Å²) in [6.07, 6.45) is 2.73. The van der Waals surface area contributed by atoms with E-state index in [0.29, 0.717) is 19.7 Å². The molecule has 1 unspecified atom stereocenters. The van der Waals surface area contributed by atoms with E-state index in [0.717, 1.165) is 28.5 Å². The van der Waals surface area contributed by atoms with Crippen LogP contribution in [0.4, 0.5) is 0 Å². The van der Waals surface area contributed by atoms with E-state index in [1.54, 1.807) is 4.90 Å². The van der Waals surface area contributed by atoms with Crippen molar-refractivity contribution in [3.8, 4) is 0 Å². The summed E-state index contributed by atoms with van der Waals surface area (Å²) in [6, 6.07) is 19.2. The Hall–Kier alpha value is -3.45. The van der Waals surface area contributed by atoms with E-state index in [-0.39, 0.29) is 18.2 Å². The fraction of sp³-hybridized carbons (Fsp3) is 0.292. The predicted octanol–water partition coefficient (Wildman–Crippen LogP) is 2.56. The van der Waals surface area contributed by atoms with Gasteiger partial charge in [0.15, 0.2) is 0 Å². The molecule has 4 rings (SSSR count). The zero-order valence-electron chi connectivity index (χ0n) is 17.2. The monoisotopic (exact) mass is 419 g/mol. The molecular weight excluding hydrogens is 394 g/mol. The SMILES string of the molecule is O=C(c1c[nH]c(=O)n(CC2CCCO2)c1=O)N(Cc1ccccc1)Cc1ccccc1. The summed E-state index contributed by atoms with van der Waals surface area (Å²) in [7, 11) is 0. The molecule has 0 radical (unpaired) electrons. The van der Waals surface area contributed by atoms with Gasteiger partial charge in [-0.15, -0.1) is 0 Å². The standard InChI is InChI=1S/C24H25N3O4/c28-22(21-14-25-24(30)27(23(21)29)17-20-12-7-13-31-20)26(15-18-8-3-1-4-9-18)16-19-10-5-2-6-11-19/h1-6,8-11,14,20H,7,12-13,15-17H2,(H,25,30). The molecule has 1 aliphatic heterocycles. The van der Waals surface area contributed by atoms with Gasteiger partial charge in [-0.3, -0.25) is 14.2 Å². The molecule has 2 heterocycles. The number of hydrogen-bond donors (Lipinski definition) is 1. The number of amides is 1. The minimum Gasteiger partial charge on any atom is -0.376 e. The average molecular weight is 419 g/mol. The highest BCUT2D eigenvalue weighted by Gasteiger charge is 2.24. The van der Waals surface area contributed by atoms with Gasteiger partial charge in [0.25, 0.3) is 11.5 Å². The quantitative estimate of drug-likeness (QED) is 0.638. The van der Waals surface area contributed by atoms with Crippen molar-refractivity contribution in [2.24, 2.45) is 0 Å². The Morgan fingerprint density at radius 3 is 2.16 bits per heavy atom. The molecule has 3 aromatic rings. The van der Waals surface area contributed by atoms with Crippen LogP contribution in [0.25, 0.3) is 0 Å². The van der Waals surface area contributed by atoms with Gasteiger partial charge >= 0.3 is 5.69 Å². The van der Waals surface area contributed by atoms with Crippen molar-refractivity contribution in [1.82, 2.24) is 14.5 Å². The lowest BCUT2D eigenvalue weighted by molar-refractivity contribution is 0.0723. The molecule has 31 heavy (non-hydrogen) atoms. The molecule has 0 saturated carbocycles. The first-order valence-electron chi connectivity index (χ1n) is 10.4. The summed E-state index contributed by atoms with van der Waals surface area (Å²) in [4.78, 5) is 43.0. The zero-order valence-corrected chi connectivity index (χ0v) is 17.2. The van der Waals surface area contributed by atoms with E-state index >= 15 is 0 Å². The number of benzene rings is 2. The Morgan fingerprint density at radius 1 is 1.00 bits per heavy atom. The van der Waals surface area contributed by atoms with Gasteiger partial charge in [-0.25, -0.2) is 4.79 Å². The summed E-state index contributed by atoms with van der Waals surface area (Å²) < 4.78 is 6.64. The molecule has 1 N–H and O–H groups in total. The predicted molar refractivity (Wildman–Crippen MR) is 117 cm³/mol. The molecule has 0 bridgehead atoms. The van der Waals surface area contributed by atoms with E-state index in [1.807, 2.05) is 60.7 Å². The van der Waals surface area contributed by atoms with Crippen LogP contribution >= 0.6 is 0 Å². The summed E-state index contributed by atoms with van der Waals surface area (Å²) >= 11 is 0. The third-order valence-corrected chi connectivity index (χ3v) is 5.42. The Labute approximate surface area is 179 Å². The molecule has 1 saturated heterocycles. The molecule has 7 heteroatoms. The van der Waals surface area contributed by atoms with Gasteiger partial charge in [0.1, 0.15) is 5.56 Å². The molecule has 0 spiro atoms. The number of H-pyrrole nitrogens is 1. The second-order valence-corrected chi connectivity index (χ2v) is 7.69. The summed E-state index contributed by atoms with van der Waals surface area (Å²) in [5, 5.41) is 0. The van der Waals surface area contributed by atoms with Crippen molar-refractivity contribution < 1.29 is 9.53 Å². The van der Waals surface area contributed by atoms with Gasteiger partial charge < -0.3 is 14.6 Å². The van der Waals surface area contributed by atoms with Crippen LogP contribution in [-0.4, -0.2) is 33.1 Å². The lowest BCUT2D eigenvalue weighted by Gasteiger charge is -2.23. The van der Waals surface area contributed by atoms with Gasteiger partial charge in [0.2, 0.25) is 0 Å². The molecule has 160 valence electrons. The first-order chi connectivity index (χ1) is 15.1. The highest BCUT2D eigenvalue weighted by molar-refractivity contribution is 5.93. The number of carbonyl (C=O) groups excluding carboxylic acids is 1. The van der Waals surface area contributed by atoms with Crippen LogP contribution in [0.3, 0.4) is 0 Å². The molecule has 1 aromatic heterocycles. The number of nitrogens with zero attached hydrogens (tertiary/aromatic N) is 2. The number of aromatic amines is 1. The molecule has 7 nitrogen and oxygen atoms in total. The van der Waals surface area contributed by atoms with Crippen molar-refractivity contribution in [2.75, 3.05) is 6.61 Å². The number of rotatable bonds is 7. The van der Waals surface area contributed by atoms with Crippen molar-refractivity contribution in [3.05, 3.63) is 104 Å². The maximum absolute atomic E-state index is 13.4. The third kappa shape index (κ3) is 5.00. The van der Waals surface area contributed by atoms with Crippen LogP contribution in [0.5, 0.6) is 0 Å². The normalized spacial score (nSPS) is 15.7. The zero-order chi connectivity index (χ0) is 21.6. The number of carbonyl (C=O) groups is 1. The van der Waals surface area contributed by atoms with E-state index < -0.39 is 17.2 Å². The highest BCUT2D eigenvalue weighted by atomic mass is 16.5. The lowest BCUT2D eigenvalue weighted by atomic mass is 10.1. The van der Waals surface area contributed by atoms with Crippen LogP contribution in [0.15, 0.2) is 76.4 Å². The van der Waals surface area contributed by atoms with Crippen LogP contribution in [0.2, 0.25) is 0 Å². The first kappa shape index (κ1) is 20.8. The number of nitrogens with one attached hydrogen (secondary N) is 1. The van der Waals surface area contributed by atoms with Gasteiger partial charge in [0.05, 0.1) is 12.6 Å². The number of ether oxygens (including phenoxy) is 1. The molecule has 1 amide bonds. The van der Waals surface area contributed by atoms with Gasteiger partial charge in [-0.05, 0) is 24.0 Å². The van der Waals surface area contributed by atoms with E-state index in [9.17, 15) is 14.4 Å².